The highest BCUT2D eigenvalue weighted by atomic mass is 15.6. The van der Waals surface area contributed by atoms with Crippen molar-refractivity contribution in [3.05, 3.63) is 179 Å². The van der Waals surface area contributed by atoms with Crippen LogP contribution in [0.3, 0.4) is 0 Å². The second kappa shape index (κ2) is 13.1. The third-order valence-corrected chi connectivity index (χ3v) is 8.66. The van der Waals surface area contributed by atoms with Crippen LogP contribution in [0.2, 0.25) is 0 Å². The Labute approximate surface area is 274 Å². The summed E-state index contributed by atoms with van der Waals surface area (Å²) in [7, 11) is 0. The van der Waals surface area contributed by atoms with Crippen molar-refractivity contribution >= 4 is 0 Å². The molecule has 0 aliphatic heterocycles. The monoisotopic (exact) mass is 611 g/mol. The Morgan fingerprint density at radius 2 is 1.23 bits per heavy atom. The van der Waals surface area contributed by atoms with Crippen LogP contribution >= 0.6 is 0 Å². The highest BCUT2D eigenvalue weighted by molar-refractivity contribution is 5.81. The SMILES string of the molecule is CCCc1ncc(C#N)n1Cc1ccc(-c2ccccc2-c2nnnn2C(c2ccccc2)(c2ccccc2)c2ccccc2)cc1. The van der Waals surface area contributed by atoms with E-state index in [1.807, 2.05) is 39.6 Å². The summed E-state index contributed by atoms with van der Waals surface area (Å²) in [6.07, 6.45) is 3.47. The average Bonchev–Trinajstić information content (AvgIpc) is 3.78. The van der Waals surface area contributed by atoms with Gasteiger partial charge in [-0.2, -0.15) is 5.26 Å². The quantitative estimate of drug-likeness (QED) is 0.147. The van der Waals surface area contributed by atoms with Gasteiger partial charge in [0.15, 0.2) is 5.82 Å². The zero-order valence-corrected chi connectivity index (χ0v) is 26.1. The number of imidazole rings is 1. The first-order chi connectivity index (χ1) is 23.2. The van der Waals surface area contributed by atoms with Crippen LogP contribution in [0, 0.1) is 11.3 Å². The molecule has 7 nitrogen and oxygen atoms in total. The first kappa shape index (κ1) is 29.6. The van der Waals surface area contributed by atoms with Crippen LogP contribution in [0.25, 0.3) is 22.5 Å². The minimum absolute atomic E-state index is 0.577. The van der Waals surface area contributed by atoms with Gasteiger partial charge in [-0.15, -0.1) is 5.10 Å². The smallest absolute Gasteiger partial charge is 0.184 e. The van der Waals surface area contributed by atoms with Crippen molar-refractivity contribution in [1.29, 1.82) is 5.26 Å². The Morgan fingerprint density at radius 1 is 0.681 bits per heavy atom. The molecular weight excluding hydrogens is 578 g/mol. The lowest BCUT2D eigenvalue weighted by Gasteiger charge is -2.36. The molecular formula is C40H33N7. The van der Waals surface area contributed by atoms with E-state index < -0.39 is 5.54 Å². The molecule has 2 heterocycles. The van der Waals surface area contributed by atoms with Crippen LogP contribution in [0.5, 0.6) is 0 Å². The molecule has 47 heavy (non-hydrogen) atoms. The largest absolute Gasteiger partial charge is 0.315 e. The van der Waals surface area contributed by atoms with E-state index in [1.165, 1.54) is 0 Å². The number of hydrogen-bond acceptors (Lipinski definition) is 5. The van der Waals surface area contributed by atoms with Crippen LogP contribution in [0.4, 0.5) is 0 Å². The number of benzene rings is 5. The molecule has 2 aromatic heterocycles. The standard InChI is InChI=1S/C40H33N7/c1-2-14-38-42-28-35(27-41)46(38)29-30-23-25-31(26-24-30)36-21-12-13-22-37(36)39-43-44-45-47(39)40(32-15-6-3-7-16-32,33-17-8-4-9-18-33)34-19-10-5-11-20-34/h3-13,15-26,28H,2,14,29H2,1H3. The van der Waals surface area contributed by atoms with Crippen molar-refractivity contribution in [2.24, 2.45) is 0 Å². The number of nitriles is 1. The minimum atomic E-state index is -0.848. The van der Waals surface area contributed by atoms with Crippen molar-refractivity contribution in [2.45, 2.75) is 31.8 Å². The first-order valence-electron chi connectivity index (χ1n) is 15.8. The number of aromatic nitrogens is 6. The number of nitrogens with zero attached hydrogens (tertiary/aromatic N) is 7. The Hall–Kier alpha value is -6.13. The van der Waals surface area contributed by atoms with E-state index in [4.69, 9.17) is 5.21 Å². The summed E-state index contributed by atoms with van der Waals surface area (Å²) in [5, 5.41) is 23.4. The highest BCUT2D eigenvalue weighted by Gasteiger charge is 2.42. The maximum absolute atomic E-state index is 9.66. The summed E-state index contributed by atoms with van der Waals surface area (Å²) in [5.41, 5.74) is 6.95. The third kappa shape index (κ3) is 5.40. The number of rotatable bonds is 10. The van der Waals surface area contributed by atoms with Gasteiger partial charge in [-0.05, 0) is 50.2 Å². The number of aryl methyl sites for hydroxylation is 1. The minimum Gasteiger partial charge on any atom is -0.315 e. The van der Waals surface area contributed by atoms with Gasteiger partial charge in [0.05, 0.1) is 6.20 Å². The topological polar surface area (TPSA) is 85.2 Å². The Morgan fingerprint density at radius 3 is 1.79 bits per heavy atom. The van der Waals surface area contributed by atoms with Gasteiger partial charge in [-0.1, -0.05) is 146 Å². The molecule has 0 aliphatic carbocycles. The Bertz CT molecular complexity index is 2030. The fraction of sp³-hybridized carbons (Fsp3) is 0.125. The molecule has 0 bridgehead atoms. The highest BCUT2D eigenvalue weighted by Crippen LogP contribution is 2.43. The summed E-state index contributed by atoms with van der Waals surface area (Å²) in [5.74, 6) is 1.59. The van der Waals surface area contributed by atoms with Crippen LogP contribution in [0.15, 0.2) is 146 Å². The molecule has 0 fully saturated rings. The summed E-state index contributed by atoms with van der Waals surface area (Å²) in [6.45, 7) is 2.71. The van der Waals surface area contributed by atoms with Gasteiger partial charge in [0.1, 0.15) is 23.1 Å². The molecule has 0 saturated heterocycles. The van der Waals surface area contributed by atoms with Crippen molar-refractivity contribution in [1.82, 2.24) is 29.8 Å². The zero-order valence-electron chi connectivity index (χ0n) is 26.1. The lowest BCUT2D eigenvalue weighted by atomic mass is 9.77. The lowest BCUT2D eigenvalue weighted by molar-refractivity contribution is 0.451. The molecule has 7 aromatic rings. The lowest BCUT2D eigenvalue weighted by Crippen LogP contribution is -2.39. The van der Waals surface area contributed by atoms with E-state index >= 15 is 0 Å². The molecule has 0 atom stereocenters. The van der Waals surface area contributed by atoms with Gasteiger partial charge in [0.25, 0.3) is 0 Å². The normalized spacial score (nSPS) is 11.3. The predicted octanol–water partition coefficient (Wildman–Crippen LogP) is 7.92. The summed E-state index contributed by atoms with van der Waals surface area (Å²) < 4.78 is 3.98. The van der Waals surface area contributed by atoms with E-state index in [0.717, 1.165) is 57.6 Å². The van der Waals surface area contributed by atoms with Gasteiger partial charge < -0.3 is 4.57 Å². The maximum Gasteiger partial charge on any atom is 0.184 e. The van der Waals surface area contributed by atoms with Crippen molar-refractivity contribution < 1.29 is 0 Å². The summed E-state index contributed by atoms with van der Waals surface area (Å²) >= 11 is 0. The molecule has 7 rings (SSSR count). The Kier molecular flexibility index (Phi) is 8.23. The Balaban J connectivity index is 1.36. The molecule has 0 radical (unpaired) electrons. The average molecular weight is 612 g/mol. The van der Waals surface area contributed by atoms with Crippen molar-refractivity contribution in [2.75, 3.05) is 0 Å². The van der Waals surface area contributed by atoms with Crippen molar-refractivity contribution in [3.63, 3.8) is 0 Å². The molecule has 0 unspecified atom stereocenters. The van der Waals surface area contributed by atoms with Crippen LogP contribution in [-0.2, 0) is 18.5 Å². The summed E-state index contributed by atoms with van der Waals surface area (Å²) in [6, 6.07) is 50.3. The van der Waals surface area contributed by atoms with Gasteiger partial charge in [-0.25, -0.2) is 9.67 Å². The van der Waals surface area contributed by atoms with E-state index in [-0.39, 0.29) is 0 Å². The number of tetrazole rings is 1. The molecule has 7 heteroatoms. The second-order valence-electron chi connectivity index (χ2n) is 11.5. The molecule has 5 aromatic carbocycles. The van der Waals surface area contributed by atoms with Gasteiger partial charge >= 0.3 is 0 Å². The second-order valence-corrected chi connectivity index (χ2v) is 11.5. The van der Waals surface area contributed by atoms with E-state index in [1.54, 1.807) is 6.20 Å². The zero-order chi connectivity index (χ0) is 32.1. The van der Waals surface area contributed by atoms with Gasteiger partial charge in [0, 0.05) is 18.5 Å². The molecule has 0 saturated carbocycles. The molecule has 0 N–H and O–H groups in total. The van der Waals surface area contributed by atoms with Gasteiger partial charge in [0.2, 0.25) is 0 Å². The van der Waals surface area contributed by atoms with Crippen LogP contribution in [-0.4, -0.2) is 29.8 Å². The number of hydrogen-bond donors (Lipinski definition) is 0. The predicted molar refractivity (Wildman–Crippen MR) is 183 cm³/mol. The summed E-state index contributed by atoms with van der Waals surface area (Å²) in [4.78, 5) is 4.49. The van der Waals surface area contributed by atoms with Crippen LogP contribution < -0.4 is 0 Å². The first-order valence-corrected chi connectivity index (χ1v) is 15.8. The maximum atomic E-state index is 9.66. The molecule has 228 valence electrons. The third-order valence-electron chi connectivity index (χ3n) is 8.66. The van der Waals surface area contributed by atoms with E-state index in [0.29, 0.717) is 18.1 Å². The van der Waals surface area contributed by atoms with Crippen LogP contribution in [0.1, 0.15) is 47.1 Å². The van der Waals surface area contributed by atoms with Crippen molar-refractivity contribution in [3.8, 4) is 28.6 Å². The molecule has 0 aliphatic rings. The van der Waals surface area contributed by atoms with E-state index in [9.17, 15) is 5.26 Å². The molecule has 0 amide bonds. The fourth-order valence-corrected chi connectivity index (χ4v) is 6.49. The molecule has 0 spiro atoms. The fourth-order valence-electron chi connectivity index (χ4n) is 6.49. The van der Waals surface area contributed by atoms with E-state index in [2.05, 4.69) is 137 Å². The van der Waals surface area contributed by atoms with Gasteiger partial charge in [-0.3, -0.25) is 0 Å².